The fourth-order valence-electron chi connectivity index (χ4n) is 5.00. The van der Waals surface area contributed by atoms with Crippen LogP contribution in [0.2, 0.25) is 0 Å². The van der Waals surface area contributed by atoms with Crippen LogP contribution >= 0.6 is 0 Å². The molecule has 3 aromatic carbocycles. The summed E-state index contributed by atoms with van der Waals surface area (Å²) in [6, 6.07) is 24.9. The molecular weight excluding hydrogens is 410 g/mol. The van der Waals surface area contributed by atoms with E-state index in [4.69, 9.17) is 0 Å². The number of fused-ring (bicyclic) bond motifs is 2. The van der Waals surface area contributed by atoms with Crippen molar-refractivity contribution in [1.82, 2.24) is 9.97 Å². The first-order valence-corrected chi connectivity index (χ1v) is 10.9. The standard InChI is InChI=1S/C28H21N3O2/c1-16-23(19-12-6-8-14-21(19)29-16)25-26(24-17(2)30-22-15-9-7-13-20(22)24)28(33)31(27(25)32)18-10-4-3-5-11-18/h3-15,29-30H,1-2H3. The molecule has 0 bridgehead atoms. The summed E-state index contributed by atoms with van der Waals surface area (Å²) in [5, 5.41) is 1.85. The normalized spacial score (nSPS) is 14.3. The van der Waals surface area contributed by atoms with E-state index in [1.54, 1.807) is 12.1 Å². The van der Waals surface area contributed by atoms with E-state index in [1.165, 1.54) is 4.90 Å². The second-order valence-corrected chi connectivity index (χ2v) is 8.37. The van der Waals surface area contributed by atoms with E-state index < -0.39 is 0 Å². The summed E-state index contributed by atoms with van der Waals surface area (Å²) in [7, 11) is 0. The highest BCUT2D eigenvalue weighted by atomic mass is 16.2. The molecular formula is C28H21N3O2. The summed E-state index contributed by atoms with van der Waals surface area (Å²) in [6.45, 7) is 3.90. The van der Waals surface area contributed by atoms with Crippen LogP contribution in [0.4, 0.5) is 5.69 Å². The number of carbonyl (C=O) groups excluding carboxylic acids is 2. The van der Waals surface area contributed by atoms with Crippen LogP contribution in [-0.4, -0.2) is 21.8 Å². The first-order chi connectivity index (χ1) is 16.1. The molecule has 6 rings (SSSR count). The molecule has 0 unspecified atom stereocenters. The Kier molecular flexibility index (Phi) is 4.14. The Hall–Kier alpha value is -4.38. The average molecular weight is 431 g/mol. The Balaban J connectivity index is 1.71. The van der Waals surface area contributed by atoms with E-state index in [0.717, 1.165) is 44.3 Å². The number of aromatic amines is 2. The van der Waals surface area contributed by atoms with Crippen molar-refractivity contribution in [3.05, 3.63) is 101 Å². The molecule has 0 fully saturated rings. The predicted octanol–water partition coefficient (Wildman–Crippen LogP) is 5.75. The Morgan fingerprint density at radius 3 is 1.48 bits per heavy atom. The summed E-state index contributed by atoms with van der Waals surface area (Å²) in [4.78, 5) is 36.0. The minimum Gasteiger partial charge on any atom is -0.358 e. The van der Waals surface area contributed by atoms with Crippen molar-refractivity contribution in [1.29, 1.82) is 0 Å². The highest BCUT2D eigenvalue weighted by molar-refractivity contribution is 6.58. The number of aryl methyl sites for hydroxylation is 2. The van der Waals surface area contributed by atoms with Gasteiger partial charge >= 0.3 is 0 Å². The molecule has 2 aromatic heterocycles. The number of amides is 2. The lowest BCUT2D eigenvalue weighted by molar-refractivity contribution is -0.119. The molecule has 0 saturated carbocycles. The number of hydrogen-bond donors (Lipinski definition) is 2. The van der Waals surface area contributed by atoms with Crippen LogP contribution in [0.15, 0.2) is 78.9 Å². The Labute approximate surface area is 190 Å². The monoisotopic (exact) mass is 431 g/mol. The van der Waals surface area contributed by atoms with Gasteiger partial charge in [-0.15, -0.1) is 0 Å². The number of benzene rings is 3. The second kappa shape index (κ2) is 7.07. The van der Waals surface area contributed by atoms with Crippen molar-refractivity contribution in [3.8, 4) is 0 Å². The third-order valence-electron chi connectivity index (χ3n) is 6.39. The van der Waals surface area contributed by atoms with E-state index in [1.807, 2.05) is 80.6 Å². The van der Waals surface area contributed by atoms with E-state index >= 15 is 0 Å². The second-order valence-electron chi connectivity index (χ2n) is 8.37. The number of nitrogens with zero attached hydrogens (tertiary/aromatic N) is 1. The maximum Gasteiger partial charge on any atom is 0.266 e. The van der Waals surface area contributed by atoms with Gasteiger partial charge in [0.25, 0.3) is 11.8 Å². The number of H-pyrrole nitrogens is 2. The number of rotatable bonds is 3. The van der Waals surface area contributed by atoms with Crippen molar-refractivity contribution >= 4 is 50.5 Å². The molecule has 1 aliphatic rings. The zero-order chi connectivity index (χ0) is 22.7. The third-order valence-corrected chi connectivity index (χ3v) is 6.39. The molecule has 5 aromatic rings. The predicted molar refractivity (Wildman–Crippen MR) is 132 cm³/mol. The molecule has 0 aliphatic carbocycles. The number of carbonyl (C=O) groups is 2. The highest BCUT2D eigenvalue weighted by Crippen LogP contribution is 2.44. The van der Waals surface area contributed by atoms with Gasteiger partial charge in [0, 0.05) is 44.3 Å². The van der Waals surface area contributed by atoms with Crippen LogP contribution in [0.3, 0.4) is 0 Å². The largest absolute Gasteiger partial charge is 0.358 e. The Morgan fingerprint density at radius 2 is 1.00 bits per heavy atom. The average Bonchev–Trinajstić information content (AvgIpc) is 3.41. The number of para-hydroxylation sites is 3. The molecule has 0 spiro atoms. The lowest BCUT2D eigenvalue weighted by Gasteiger charge is -2.15. The molecule has 1 aliphatic heterocycles. The van der Waals surface area contributed by atoms with Gasteiger partial charge in [-0.25, -0.2) is 4.90 Å². The summed E-state index contributed by atoms with van der Waals surface area (Å²) >= 11 is 0. The van der Waals surface area contributed by atoms with Gasteiger partial charge in [-0.05, 0) is 38.1 Å². The van der Waals surface area contributed by atoms with Gasteiger partial charge in [0.05, 0.1) is 16.8 Å². The van der Waals surface area contributed by atoms with Gasteiger partial charge in [-0.2, -0.15) is 0 Å². The lowest BCUT2D eigenvalue weighted by atomic mass is 9.93. The van der Waals surface area contributed by atoms with Gasteiger partial charge < -0.3 is 9.97 Å². The first kappa shape index (κ1) is 19.3. The summed E-state index contributed by atoms with van der Waals surface area (Å²) in [6.07, 6.45) is 0. The molecule has 5 heteroatoms. The van der Waals surface area contributed by atoms with E-state index in [-0.39, 0.29) is 11.8 Å². The molecule has 0 saturated heterocycles. The maximum absolute atomic E-state index is 14.0. The van der Waals surface area contributed by atoms with Crippen molar-refractivity contribution in [2.45, 2.75) is 13.8 Å². The lowest BCUT2D eigenvalue weighted by Crippen LogP contribution is -2.31. The summed E-state index contributed by atoms with van der Waals surface area (Å²) < 4.78 is 0. The van der Waals surface area contributed by atoms with Gasteiger partial charge in [0.2, 0.25) is 0 Å². The molecule has 33 heavy (non-hydrogen) atoms. The van der Waals surface area contributed by atoms with Gasteiger partial charge in [-0.1, -0.05) is 54.6 Å². The number of imide groups is 1. The Bertz CT molecular complexity index is 1520. The minimum atomic E-state index is -0.307. The SMILES string of the molecule is Cc1[nH]c2ccccc2c1C1=C(c2c(C)[nH]c3ccccc23)C(=O)N(c2ccccc2)C1=O. The molecule has 2 N–H and O–H groups in total. The van der Waals surface area contributed by atoms with Gasteiger partial charge in [-0.3, -0.25) is 9.59 Å². The Morgan fingerprint density at radius 1 is 0.576 bits per heavy atom. The maximum atomic E-state index is 14.0. The highest BCUT2D eigenvalue weighted by Gasteiger charge is 2.43. The molecule has 5 nitrogen and oxygen atoms in total. The van der Waals surface area contributed by atoms with E-state index in [0.29, 0.717) is 16.8 Å². The van der Waals surface area contributed by atoms with Crippen molar-refractivity contribution in [2.75, 3.05) is 4.90 Å². The van der Waals surface area contributed by atoms with Crippen LogP contribution in [0.1, 0.15) is 22.5 Å². The number of aromatic nitrogens is 2. The van der Waals surface area contributed by atoms with Crippen molar-refractivity contribution in [3.63, 3.8) is 0 Å². The van der Waals surface area contributed by atoms with Crippen molar-refractivity contribution in [2.24, 2.45) is 0 Å². The van der Waals surface area contributed by atoms with Gasteiger partial charge in [0.1, 0.15) is 0 Å². The number of nitrogens with one attached hydrogen (secondary N) is 2. The topological polar surface area (TPSA) is 69.0 Å². The molecule has 0 radical (unpaired) electrons. The van der Waals surface area contributed by atoms with Crippen LogP contribution in [-0.2, 0) is 9.59 Å². The zero-order valence-electron chi connectivity index (χ0n) is 18.3. The zero-order valence-corrected chi connectivity index (χ0v) is 18.3. The van der Waals surface area contributed by atoms with E-state index in [2.05, 4.69) is 9.97 Å². The molecule has 160 valence electrons. The number of anilines is 1. The fourth-order valence-corrected chi connectivity index (χ4v) is 5.00. The van der Waals surface area contributed by atoms with Crippen LogP contribution < -0.4 is 4.90 Å². The van der Waals surface area contributed by atoms with E-state index in [9.17, 15) is 9.59 Å². The quantitative estimate of drug-likeness (QED) is 0.357. The van der Waals surface area contributed by atoms with Crippen molar-refractivity contribution < 1.29 is 9.59 Å². The first-order valence-electron chi connectivity index (χ1n) is 10.9. The third kappa shape index (κ3) is 2.72. The van der Waals surface area contributed by atoms with Crippen LogP contribution in [0.25, 0.3) is 33.0 Å². The van der Waals surface area contributed by atoms with Crippen LogP contribution in [0, 0.1) is 13.8 Å². The fraction of sp³-hybridized carbons (Fsp3) is 0.0714. The summed E-state index contributed by atoms with van der Waals surface area (Å²) in [5.74, 6) is -0.613. The molecule has 0 atom stereocenters. The van der Waals surface area contributed by atoms with Gasteiger partial charge in [0.15, 0.2) is 0 Å². The minimum absolute atomic E-state index is 0.307. The smallest absolute Gasteiger partial charge is 0.266 e. The number of hydrogen-bond acceptors (Lipinski definition) is 2. The summed E-state index contributed by atoms with van der Waals surface area (Å²) in [5.41, 5.74) is 6.59. The van der Waals surface area contributed by atoms with Crippen LogP contribution in [0.5, 0.6) is 0 Å². The molecule has 2 amide bonds. The molecule has 3 heterocycles.